The number of sulfonamides is 1. The highest BCUT2D eigenvalue weighted by Crippen LogP contribution is 2.37. The molecule has 0 fully saturated rings. The van der Waals surface area contributed by atoms with Crippen LogP contribution in [0.15, 0.2) is 34.9 Å². The molecule has 0 saturated carbocycles. The second-order valence-electron chi connectivity index (χ2n) is 4.56. The predicted octanol–water partition coefficient (Wildman–Crippen LogP) is 1.92. The molecule has 0 atom stereocenters. The average molecular weight is 340 g/mol. The fourth-order valence-electron chi connectivity index (χ4n) is 1.87. The van der Waals surface area contributed by atoms with Crippen molar-refractivity contribution in [2.24, 2.45) is 0 Å². The number of methoxy groups -OCH3 is 2. The Morgan fingerprint density at radius 1 is 1.13 bits per heavy atom. The van der Waals surface area contributed by atoms with Crippen LogP contribution in [-0.2, 0) is 10.0 Å². The number of hydrogen-bond acceptors (Lipinski definition) is 6. The summed E-state index contributed by atoms with van der Waals surface area (Å²) in [6.07, 6.45) is 2.40. The first-order chi connectivity index (χ1) is 10.8. The average Bonchev–Trinajstić information content (AvgIpc) is 3.01. The van der Waals surface area contributed by atoms with Gasteiger partial charge in [-0.2, -0.15) is 0 Å². The third-order valence-electron chi connectivity index (χ3n) is 2.81. The Bertz CT molecular complexity index is 799. The number of amides is 1. The molecule has 1 aromatic heterocycles. The van der Waals surface area contributed by atoms with Gasteiger partial charge in [0.05, 0.1) is 38.1 Å². The number of hydrogen-bond donors (Lipinski definition) is 2. The quantitative estimate of drug-likeness (QED) is 0.832. The Balaban J connectivity index is 2.38. The molecule has 0 radical (unpaired) electrons. The summed E-state index contributed by atoms with van der Waals surface area (Å²) < 4.78 is 40.5. The van der Waals surface area contributed by atoms with Gasteiger partial charge in [0.25, 0.3) is 5.91 Å². The number of furan rings is 1. The van der Waals surface area contributed by atoms with Gasteiger partial charge in [-0.05, 0) is 12.1 Å². The van der Waals surface area contributed by atoms with Crippen LogP contribution in [-0.4, -0.2) is 34.8 Å². The zero-order valence-electron chi connectivity index (χ0n) is 12.7. The fourth-order valence-corrected chi connectivity index (χ4v) is 2.43. The van der Waals surface area contributed by atoms with E-state index in [9.17, 15) is 13.2 Å². The molecule has 0 unspecified atom stereocenters. The van der Waals surface area contributed by atoms with Gasteiger partial charge >= 0.3 is 0 Å². The van der Waals surface area contributed by atoms with E-state index < -0.39 is 15.9 Å². The topological polar surface area (TPSA) is 107 Å². The van der Waals surface area contributed by atoms with Gasteiger partial charge < -0.3 is 19.2 Å². The molecule has 1 heterocycles. The van der Waals surface area contributed by atoms with Crippen LogP contribution in [0.2, 0.25) is 0 Å². The summed E-state index contributed by atoms with van der Waals surface area (Å²) in [6.45, 7) is 0. The van der Waals surface area contributed by atoms with Crippen LogP contribution in [0.3, 0.4) is 0 Å². The van der Waals surface area contributed by atoms with E-state index in [1.807, 2.05) is 0 Å². The van der Waals surface area contributed by atoms with Crippen LogP contribution >= 0.6 is 0 Å². The van der Waals surface area contributed by atoms with E-state index in [0.717, 1.165) is 6.26 Å². The molecule has 8 nitrogen and oxygen atoms in total. The standard InChI is InChI=1S/C14H16N2O6S/c1-20-12-8-10(16-23(3,18)19)13(21-2)7-9(12)15-14(17)11-5-4-6-22-11/h4-8,16H,1-3H3,(H,15,17). The van der Waals surface area contributed by atoms with E-state index in [1.165, 1.54) is 38.7 Å². The lowest BCUT2D eigenvalue weighted by molar-refractivity contribution is 0.0996. The molecule has 1 aromatic carbocycles. The maximum atomic E-state index is 12.0. The fraction of sp³-hybridized carbons (Fsp3) is 0.214. The maximum Gasteiger partial charge on any atom is 0.291 e. The molecule has 23 heavy (non-hydrogen) atoms. The summed E-state index contributed by atoms with van der Waals surface area (Å²) in [5.41, 5.74) is 0.507. The van der Waals surface area contributed by atoms with Gasteiger partial charge in [-0.1, -0.05) is 0 Å². The zero-order chi connectivity index (χ0) is 17.0. The van der Waals surface area contributed by atoms with Crippen LogP contribution in [0.4, 0.5) is 11.4 Å². The SMILES string of the molecule is COc1cc(NS(C)(=O)=O)c(OC)cc1NC(=O)c1ccco1. The van der Waals surface area contributed by atoms with Crippen molar-refractivity contribution >= 4 is 27.3 Å². The van der Waals surface area contributed by atoms with E-state index in [-0.39, 0.29) is 22.9 Å². The molecule has 1 amide bonds. The molecule has 0 aliphatic rings. The van der Waals surface area contributed by atoms with Gasteiger partial charge in [-0.3, -0.25) is 9.52 Å². The third kappa shape index (κ3) is 4.16. The minimum Gasteiger partial charge on any atom is -0.494 e. The Morgan fingerprint density at radius 3 is 2.26 bits per heavy atom. The number of benzene rings is 1. The predicted molar refractivity (Wildman–Crippen MR) is 84.7 cm³/mol. The molecule has 0 bridgehead atoms. The normalized spacial score (nSPS) is 10.9. The number of nitrogens with one attached hydrogen (secondary N) is 2. The summed E-state index contributed by atoms with van der Waals surface area (Å²) in [6, 6.07) is 5.97. The molecule has 9 heteroatoms. The lowest BCUT2D eigenvalue weighted by Crippen LogP contribution is -2.14. The first-order valence-corrected chi connectivity index (χ1v) is 8.32. The maximum absolute atomic E-state index is 12.0. The Hall–Kier alpha value is -2.68. The second-order valence-corrected chi connectivity index (χ2v) is 6.31. The summed E-state index contributed by atoms with van der Waals surface area (Å²) >= 11 is 0. The Labute approximate surface area is 133 Å². The zero-order valence-corrected chi connectivity index (χ0v) is 13.6. The third-order valence-corrected chi connectivity index (χ3v) is 3.40. The minimum absolute atomic E-state index is 0.129. The van der Waals surface area contributed by atoms with Crippen molar-refractivity contribution in [2.45, 2.75) is 0 Å². The molecule has 0 saturated heterocycles. The highest BCUT2D eigenvalue weighted by atomic mass is 32.2. The van der Waals surface area contributed by atoms with E-state index >= 15 is 0 Å². The number of rotatable bonds is 6. The number of carbonyl (C=O) groups excluding carboxylic acids is 1. The molecular formula is C14H16N2O6S. The van der Waals surface area contributed by atoms with E-state index in [4.69, 9.17) is 13.9 Å². The minimum atomic E-state index is -3.49. The monoisotopic (exact) mass is 340 g/mol. The van der Waals surface area contributed by atoms with Gasteiger partial charge in [0.15, 0.2) is 5.76 Å². The summed E-state index contributed by atoms with van der Waals surface area (Å²) in [4.78, 5) is 12.0. The highest BCUT2D eigenvalue weighted by molar-refractivity contribution is 7.92. The molecule has 0 aliphatic carbocycles. The molecule has 0 spiro atoms. The first kappa shape index (κ1) is 16.7. The molecule has 124 valence electrons. The smallest absolute Gasteiger partial charge is 0.291 e. The largest absolute Gasteiger partial charge is 0.494 e. The van der Waals surface area contributed by atoms with Crippen LogP contribution in [0, 0.1) is 0 Å². The van der Waals surface area contributed by atoms with Gasteiger partial charge in [-0.15, -0.1) is 0 Å². The van der Waals surface area contributed by atoms with Crippen LogP contribution in [0.1, 0.15) is 10.6 Å². The second kappa shape index (κ2) is 6.61. The highest BCUT2D eigenvalue weighted by Gasteiger charge is 2.17. The molecular weight excluding hydrogens is 324 g/mol. The van der Waals surface area contributed by atoms with Crippen molar-refractivity contribution in [2.75, 3.05) is 30.5 Å². The summed E-state index contributed by atoms with van der Waals surface area (Å²) in [5.74, 6) is 0.145. The van der Waals surface area contributed by atoms with Crippen molar-refractivity contribution < 1.29 is 27.1 Å². The molecule has 0 aliphatic heterocycles. The molecule has 2 N–H and O–H groups in total. The lowest BCUT2D eigenvalue weighted by atomic mass is 10.2. The molecule has 2 rings (SSSR count). The number of carbonyl (C=O) groups is 1. The van der Waals surface area contributed by atoms with Crippen LogP contribution in [0.25, 0.3) is 0 Å². The van der Waals surface area contributed by atoms with Gasteiger partial charge in [0, 0.05) is 12.1 Å². The summed E-state index contributed by atoms with van der Waals surface area (Å²) in [7, 11) is -0.714. The van der Waals surface area contributed by atoms with Gasteiger partial charge in [0.2, 0.25) is 10.0 Å². The van der Waals surface area contributed by atoms with Crippen molar-refractivity contribution in [3.05, 3.63) is 36.3 Å². The Morgan fingerprint density at radius 2 is 1.74 bits per heavy atom. The van der Waals surface area contributed by atoms with Crippen molar-refractivity contribution in [3.8, 4) is 11.5 Å². The van der Waals surface area contributed by atoms with Gasteiger partial charge in [0.1, 0.15) is 11.5 Å². The summed E-state index contributed by atoms with van der Waals surface area (Å²) in [5, 5.41) is 2.61. The lowest BCUT2D eigenvalue weighted by Gasteiger charge is -2.15. The molecule has 2 aromatic rings. The van der Waals surface area contributed by atoms with Crippen molar-refractivity contribution in [3.63, 3.8) is 0 Å². The van der Waals surface area contributed by atoms with Crippen LogP contribution < -0.4 is 19.5 Å². The van der Waals surface area contributed by atoms with Gasteiger partial charge in [-0.25, -0.2) is 8.42 Å². The van der Waals surface area contributed by atoms with E-state index in [1.54, 1.807) is 6.07 Å². The number of ether oxygens (including phenoxy) is 2. The number of anilines is 2. The van der Waals surface area contributed by atoms with Crippen LogP contribution in [0.5, 0.6) is 11.5 Å². The first-order valence-electron chi connectivity index (χ1n) is 6.42. The van der Waals surface area contributed by atoms with E-state index in [2.05, 4.69) is 10.0 Å². The van der Waals surface area contributed by atoms with Crippen molar-refractivity contribution in [1.82, 2.24) is 0 Å². The van der Waals surface area contributed by atoms with E-state index in [0.29, 0.717) is 5.69 Å². The van der Waals surface area contributed by atoms with Crippen molar-refractivity contribution in [1.29, 1.82) is 0 Å². The Kier molecular flexibility index (Phi) is 4.80.